The maximum absolute atomic E-state index is 10.2. The monoisotopic (exact) mass is 343 g/mol. The molecule has 0 aliphatic carbocycles. The Morgan fingerprint density at radius 1 is 1.37 bits per heavy atom. The predicted molar refractivity (Wildman–Crippen MR) is 77.3 cm³/mol. The van der Waals surface area contributed by atoms with E-state index in [9.17, 15) is 5.11 Å². The van der Waals surface area contributed by atoms with Gasteiger partial charge in [-0.3, -0.25) is 5.43 Å². The van der Waals surface area contributed by atoms with Crippen LogP contribution in [-0.4, -0.2) is 25.9 Å². The van der Waals surface area contributed by atoms with Crippen LogP contribution in [0.5, 0.6) is 0 Å². The second-order valence-corrected chi connectivity index (χ2v) is 4.66. The van der Waals surface area contributed by atoms with Crippen LogP contribution in [0.4, 0.5) is 5.82 Å². The summed E-state index contributed by atoms with van der Waals surface area (Å²) in [6.45, 7) is 0. The average molecular weight is 345 g/mol. The van der Waals surface area contributed by atoms with Crippen molar-refractivity contribution >= 4 is 39.9 Å². The fourth-order valence-corrected chi connectivity index (χ4v) is 1.97. The number of anilines is 1. The number of nitrogens with zero attached hydrogens (tertiary/aromatic N) is 4. The minimum Gasteiger partial charge on any atom is -0.367 e. The summed E-state index contributed by atoms with van der Waals surface area (Å²) in [5.74, 6) is 0.636. The van der Waals surface area contributed by atoms with Crippen molar-refractivity contribution in [1.29, 1.82) is 0 Å². The predicted octanol–water partition coefficient (Wildman–Crippen LogP) is 1.60. The molecule has 2 N–H and O–H groups in total. The van der Waals surface area contributed by atoms with E-state index in [0.717, 1.165) is 4.47 Å². The van der Waals surface area contributed by atoms with Crippen LogP contribution in [0.25, 0.3) is 5.70 Å². The quantitative estimate of drug-likeness (QED) is 0.866. The van der Waals surface area contributed by atoms with Gasteiger partial charge in [-0.2, -0.15) is 0 Å². The normalized spacial score (nSPS) is 17.7. The Hall–Kier alpha value is -1.57. The minimum atomic E-state index is -0.812. The molecule has 0 radical (unpaired) electrons. The lowest BCUT2D eigenvalue weighted by Gasteiger charge is -2.22. The van der Waals surface area contributed by atoms with Gasteiger partial charge in [0.05, 0.1) is 12.0 Å². The van der Waals surface area contributed by atoms with Gasteiger partial charge in [0.25, 0.3) is 0 Å². The molecule has 1 aliphatic rings. The summed E-state index contributed by atoms with van der Waals surface area (Å²) in [6.07, 6.45) is 7.65. The Bertz CT molecular complexity index is 571. The summed E-state index contributed by atoms with van der Waals surface area (Å²) in [6, 6.07) is 3.68. The number of hydrazine groups is 1. The zero-order chi connectivity index (χ0) is 12.5. The molecular weight excluding hydrogens is 334 g/mol. The molecule has 1 atom stereocenters. The van der Waals surface area contributed by atoms with E-state index >= 15 is 0 Å². The summed E-state index contributed by atoms with van der Waals surface area (Å²) in [5.41, 5.74) is 3.67. The Kier molecular flexibility index (Phi) is 4.08. The highest BCUT2D eigenvalue weighted by Crippen LogP contribution is 2.23. The van der Waals surface area contributed by atoms with Gasteiger partial charge in [0.15, 0.2) is 6.23 Å². The van der Waals surface area contributed by atoms with Gasteiger partial charge >= 0.3 is 0 Å². The number of aliphatic hydroxyl groups excluding tert-OH is 1. The number of aliphatic hydroxyl groups is 1. The molecule has 0 amide bonds. The van der Waals surface area contributed by atoms with Crippen molar-refractivity contribution in [2.24, 2.45) is 0 Å². The summed E-state index contributed by atoms with van der Waals surface area (Å²) in [5, 5.41) is 11.8. The molecule has 100 valence electrons. The first-order chi connectivity index (χ1) is 8.75. The molecule has 0 saturated carbocycles. The van der Waals surface area contributed by atoms with Crippen LogP contribution in [0.2, 0.25) is 0 Å². The van der Waals surface area contributed by atoms with Gasteiger partial charge in [0.2, 0.25) is 0 Å². The van der Waals surface area contributed by atoms with Crippen LogP contribution < -0.4 is 10.4 Å². The number of nitrogens with one attached hydrogen (secondary N) is 1. The summed E-state index contributed by atoms with van der Waals surface area (Å²) in [4.78, 5) is 8.18. The van der Waals surface area contributed by atoms with E-state index in [1.807, 2.05) is 12.1 Å². The molecule has 1 unspecified atom stereocenters. The first-order valence-corrected chi connectivity index (χ1v) is 6.08. The fourth-order valence-electron chi connectivity index (χ4n) is 1.73. The zero-order valence-corrected chi connectivity index (χ0v) is 12.0. The fraction of sp³-hybridized carbons (Fsp3) is 0.0909. The van der Waals surface area contributed by atoms with Crippen LogP contribution >= 0.6 is 28.3 Å². The lowest BCUT2D eigenvalue weighted by molar-refractivity contribution is 0.220. The third kappa shape index (κ3) is 2.58. The first kappa shape index (κ1) is 13.9. The lowest BCUT2D eigenvalue weighted by atomic mass is 10.4. The molecule has 0 fully saturated rings. The number of rotatable bonds is 2. The molecule has 19 heavy (non-hydrogen) atoms. The van der Waals surface area contributed by atoms with E-state index < -0.39 is 6.23 Å². The number of pyridine rings is 1. The standard InChI is InChI=1S/C11H10BrN5O.ClH/c12-8-1-2-10(14-5-8)17-11(18)9(6-15-17)16-4-3-13-7-16;/h1-7,11,15,18H;1H. The van der Waals surface area contributed by atoms with Gasteiger partial charge < -0.3 is 9.67 Å². The van der Waals surface area contributed by atoms with Gasteiger partial charge in [0, 0.05) is 29.3 Å². The van der Waals surface area contributed by atoms with Gasteiger partial charge in [-0.15, -0.1) is 12.4 Å². The molecule has 1 aliphatic heterocycles. The van der Waals surface area contributed by atoms with Gasteiger partial charge in [-0.25, -0.2) is 15.0 Å². The highest BCUT2D eigenvalue weighted by Gasteiger charge is 2.27. The van der Waals surface area contributed by atoms with Crippen LogP contribution in [0, 0.1) is 0 Å². The Labute approximate surface area is 124 Å². The van der Waals surface area contributed by atoms with Crippen molar-refractivity contribution in [3.63, 3.8) is 0 Å². The van der Waals surface area contributed by atoms with E-state index in [4.69, 9.17) is 0 Å². The second kappa shape index (κ2) is 5.60. The smallest absolute Gasteiger partial charge is 0.190 e. The number of hydrogen-bond acceptors (Lipinski definition) is 5. The third-order valence-corrected chi connectivity index (χ3v) is 3.09. The molecule has 8 heteroatoms. The molecule has 2 aromatic rings. The minimum absolute atomic E-state index is 0. The Balaban J connectivity index is 0.00000133. The molecule has 0 saturated heterocycles. The van der Waals surface area contributed by atoms with Crippen molar-refractivity contribution in [2.75, 3.05) is 5.01 Å². The van der Waals surface area contributed by atoms with E-state index in [1.54, 1.807) is 40.7 Å². The van der Waals surface area contributed by atoms with E-state index in [0.29, 0.717) is 11.5 Å². The van der Waals surface area contributed by atoms with Crippen LogP contribution in [-0.2, 0) is 0 Å². The maximum atomic E-state index is 10.2. The summed E-state index contributed by atoms with van der Waals surface area (Å²) >= 11 is 3.32. The molecule has 3 heterocycles. The van der Waals surface area contributed by atoms with E-state index in [2.05, 4.69) is 31.3 Å². The largest absolute Gasteiger partial charge is 0.367 e. The van der Waals surface area contributed by atoms with Crippen molar-refractivity contribution in [1.82, 2.24) is 20.0 Å². The number of aromatic nitrogens is 3. The SMILES string of the molecule is Cl.OC1C(n2ccnc2)=CNN1c1ccc(Br)cn1. The van der Waals surface area contributed by atoms with Crippen LogP contribution in [0.3, 0.4) is 0 Å². The van der Waals surface area contributed by atoms with E-state index in [-0.39, 0.29) is 12.4 Å². The Morgan fingerprint density at radius 2 is 2.21 bits per heavy atom. The van der Waals surface area contributed by atoms with Crippen molar-refractivity contribution in [3.05, 3.63) is 47.7 Å². The molecule has 3 rings (SSSR count). The van der Waals surface area contributed by atoms with Crippen molar-refractivity contribution < 1.29 is 5.11 Å². The van der Waals surface area contributed by atoms with Gasteiger partial charge in [-0.1, -0.05) is 0 Å². The molecule has 0 aromatic carbocycles. The van der Waals surface area contributed by atoms with E-state index in [1.165, 1.54) is 0 Å². The topological polar surface area (TPSA) is 66.2 Å². The van der Waals surface area contributed by atoms with Crippen LogP contribution in [0.15, 0.2) is 47.7 Å². The molecule has 2 aromatic heterocycles. The number of hydrogen-bond donors (Lipinski definition) is 2. The van der Waals surface area contributed by atoms with Crippen LogP contribution in [0.1, 0.15) is 0 Å². The first-order valence-electron chi connectivity index (χ1n) is 5.29. The zero-order valence-electron chi connectivity index (χ0n) is 9.64. The molecule has 0 spiro atoms. The number of halogens is 2. The maximum Gasteiger partial charge on any atom is 0.190 e. The van der Waals surface area contributed by atoms with Crippen molar-refractivity contribution in [2.45, 2.75) is 6.23 Å². The molecular formula is C11H11BrClN5O. The summed E-state index contributed by atoms with van der Waals surface area (Å²) in [7, 11) is 0. The lowest BCUT2D eigenvalue weighted by Crippen LogP contribution is -2.39. The molecule has 0 bridgehead atoms. The number of imidazole rings is 1. The Morgan fingerprint density at radius 3 is 2.84 bits per heavy atom. The highest BCUT2D eigenvalue weighted by molar-refractivity contribution is 9.10. The molecule has 6 nitrogen and oxygen atoms in total. The highest BCUT2D eigenvalue weighted by atomic mass is 79.9. The average Bonchev–Trinajstić information content (AvgIpc) is 2.99. The van der Waals surface area contributed by atoms with Crippen molar-refractivity contribution in [3.8, 4) is 0 Å². The summed E-state index contributed by atoms with van der Waals surface area (Å²) < 4.78 is 2.64. The second-order valence-electron chi connectivity index (χ2n) is 3.75. The third-order valence-electron chi connectivity index (χ3n) is 2.62. The van der Waals surface area contributed by atoms with Gasteiger partial charge in [-0.05, 0) is 28.1 Å². The van der Waals surface area contributed by atoms with Gasteiger partial charge in [0.1, 0.15) is 5.82 Å².